The summed E-state index contributed by atoms with van der Waals surface area (Å²) in [5.41, 5.74) is 0. The Morgan fingerprint density at radius 3 is 3.09 bits per heavy atom. The molecule has 0 aromatic carbocycles. The van der Waals surface area contributed by atoms with E-state index in [9.17, 15) is 0 Å². The lowest BCUT2D eigenvalue weighted by atomic mass is 9.95. The smallest absolute Gasteiger partial charge is 0.0238 e. The van der Waals surface area contributed by atoms with Gasteiger partial charge in [-0.25, -0.2) is 0 Å². The van der Waals surface area contributed by atoms with Crippen molar-refractivity contribution in [2.75, 3.05) is 20.1 Å². The average Bonchev–Trinajstić information content (AvgIpc) is 2.46. The van der Waals surface area contributed by atoms with Gasteiger partial charge >= 0.3 is 0 Å². The SMILES string of the molecule is CC[C@H]1[C@H]2CCN[C@H]2CN1C. The Balaban J connectivity index is 2.07. The van der Waals surface area contributed by atoms with Crippen molar-refractivity contribution in [3.8, 4) is 0 Å². The molecule has 0 saturated carbocycles. The Labute approximate surface area is 69.0 Å². The van der Waals surface area contributed by atoms with Gasteiger partial charge in [0.1, 0.15) is 0 Å². The molecule has 2 rings (SSSR count). The Morgan fingerprint density at radius 2 is 2.36 bits per heavy atom. The molecule has 0 unspecified atom stereocenters. The highest BCUT2D eigenvalue weighted by Crippen LogP contribution is 2.31. The molecule has 2 heteroatoms. The summed E-state index contributed by atoms with van der Waals surface area (Å²) >= 11 is 0. The van der Waals surface area contributed by atoms with Crippen LogP contribution in [-0.4, -0.2) is 37.1 Å². The van der Waals surface area contributed by atoms with E-state index >= 15 is 0 Å². The summed E-state index contributed by atoms with van der Waals surface area (Å²) in [6.07, 6.45) is 2.72. The van der Waals surface area contributed by atoms with Crippen molar-refractivity contribution >= 4 is 0 Å². The molecule has 2 heterocycles. The molecule has 0 aliphatic carbocycles. The first-order chi connectivity index (χ1) is 5.33. The standard InChI is InChI=1S/C9H18N2/c1-3-9-7-4-5-10-8(7)6-11(9)2/h7-10H,3-6H2,1-2H3/t7-,8-,9-/m0/s1. The normalized spacial score (nSPS) is 44.7. The predicted octanol–water partition coefficient (Wildman–Crippen LogP) is 0.688. The van der Waals surface area contributed by atoms with E-state index in [-0.39, 0.29) is 0 Å². The van der Waals surface area contributed by atoms with Crippen molar-refractivity contribution in [1.82, 2.24) is 10.2 Å². The molecular formula is C9H18N2. The Morgan fingerprint density at radius 1 is 1.55 bits per heavy atom. The molecule has 0 radical (unpaired) electrons. The topological polar surface area (TPSA) is 15.3 Å². The molecule has 64 valence electrons. The fourth-order valence-electron chi connectivity index (χ4n) is 2.84. The third-order valence-corrected chi connectivity index (χ3v) is 3.36. The van der Waals surface area contributed by atoms with Crippen LogP contribution in [0.3, 0.4) is 0 Å². The highest BCUT2D eigenvalue weighted by molar-refractivity contribution is 4.98. The van der Waals surface area contributed by atoms with Gasteiger partial charge in [0, 0.05) is 18.6 Å². The molecule has 1 N–H and O–H groups in total. The van der Waals surface area contributed by atoms with Crippen LogP contribution >= 0.6 is 0 Å². The molecule has 0 spiro atoms. The highest BCUT2D eigenvalue weighted by Gasteiger charge is 2.40. The fraction of sp³-hybridized carbons (Fsp3) is 1.00. The Kier molecular flexibility index (Phi) is 1.90. The van der Waals surface area contributed by atoms with E-state index in [1.165, 1.54) is 25.9 Å². The molecule has 3 atom stereocenters. The summed E-state index contributed by atoms with van der Waals surface area (Å²) in [5, 5.41) is 3.57. The summed E-state index contributed by atoms with van der Waals surface area (Å²) in [6.45, 7) is 4.82. The monoisotopic (exact) mass is 154 g/mol. The van der Waals surface area contributed by atoms with Crippen LogP contribution < -0.4 is 5.32 Å². The number of likely N-dealkylation sites (tertiary alicyclic amines) is 1. The van der Waals surface area contributed by atoms with E-state index in [2.05, 4.69) is 24.2 Å². The second kappa shape index (κ2) is 2.76. The summed E-state index contributed by atoms with van der Waals surface area (Å²) in [7, 11) is 2.26. The molecule has 11 heavy (non-hydrogen) atoms. The maximum absolute atomic E-state index is 3.57. The van der Waals surface area contributed by atoms with Crippen molar-refractivity contribution in [3.05, 3.63) is 0 Å². The second-order valence-corrected chi connectivity index (χ2v) is 3.93. The van der Waals surface area contributed by atoms with Gasteiger partial charge in [0.2, 0.25) is 0 Å². The van der Waals surface area contributed by atoms with E-state index < -0.39 is 0 Å². The van der Waals surface area contributed by atoms with Gasteiger partial charge in [-0.15, -0.1) is 0 Å². The van der Waals surface area contributed by atoms with Gasteiger partial charge in [-0.2, -0.15) is 0 Å². The Hall–Kier alpha value is -0.0800. The summed E-state index contributed by atoms with van der Waals surface area (Å²) in [6, 6.07) is 1.67. The predicted molar refractivity (Wildman–Crippen MR) is 46.6 cm³/mol. The summed E-state index contributed by atoms with van der Waals surface area (Å²) in [5.74, 6) is 0.949. The number of hydrogen-bond acceptors (Lipinski definition) is 2. The largest absolute Gasteiger partial charge is 0.312 e. The molecule has 0 aromatic rings. The number of nitrogens with zero attached hydrogens (tertiary/aromatic N) is 1. The molecule has 2 nitrogen and oxygen atoms in total. The van der Waals surface area contributed by atoms with Crippen LogP contribution in [0.1, 0.15) is 19.8 Å². The van der Waals surface area contributed by atoms with Crippen LogP contribution in [0.15, 0.2) is 0 Å². The number of rotatable bonds is 1. The maximum atomic E-state index is 3.57. The lowest BCUT2D eigenvalue weighted by Crippen LogP contribution is -2.29. The van der Waals surface area contributed by atoms with Crippen molar-refractivity contribution in [1.29, 1.82) is 0 Å². The minimum Gasteiger partial charge on any atom is -0.312 e. The first-order valence-corrected chi connectivity index (χ1v) is 4.76. The van der Waals surface area contributed by atoms with Gasteiger partial charge < -0.3 is 10.2 Å². The van der Waals surface area contributed by atoms with Crippen LogP contribution in [0.25, 0.3) is 0 Å². The number of nitrogens with one attached hydrogen (secondary N) is 1. The third kappa shape index (κ3) is 1.09. The van der Waals surface area contributed by atoms with Gasteiger partial charge in [-0.05, 0) is 32.4 Å². The molecule has 2 aliphatic rings. The van der Waals surface area contributed by atoms with Crippen LogP contribution in [0.4, 0.5) is 0 Å². The molecule has 0 amide bonds. The first kappa shape index (κ1) is 7.56. The molecule has 0 aromatic heterocycles. The zero-order valence-corrected chi connectivity index (χ0v) is 7.51. The van der Waals surface area contributed by atoms with Gasteiger partial charge in [0.05, 0.1) is 0 Å². The maximum Gasteiger partial charge on any atom is 0.0238 e. The zero-order valence-electron chi connectivity index (χ0n) is 7.51. The molecular weight excluding hydrogens is 136 g/mol. The lowest BCUT2D eigenvalue weighted by Gasteiger charge is -2.21. The quantitative estimate of drug-likeness (QED) is 0.598. The van der Waals surface area contributed by atoms with Gasteiger partial charge in [-0.3, -0.25) is 0 Å². The second-order valence-electron chi connectivity index (χ2n) is 3.93. The van der Waals surface area contributed by atoms with E-state index in [0.717, 1.165) is 18.0 Å². The zero-order chi connectivity index (χ0) is 7.84. The van der Waals surface area contributed by atoms with Gasteiger partial charge in [0.25, 0.3) is 0 Å². The van der Waals surface area contributed by atoms with Gasteiger partial charge in [-0.1, -0.05) is 6.92 Å². The van der Waals surface area contributed by atoms with Crippen LogP contribution in [0.2, 0.25) is 0 Å². The molecule has 2 saturated heterocycles. The van der Waals surface area contributed by atoms with Crippen molar-refractivity contribution < 1.29 is 0 Å². The molecule has 2 fully saturated rings. The summed E-state index contributed by atoms with van der Waals surface area (Å²) in [4.78, 5) is 2.52. The van der Waals surface area contributed by atoms with Crippen LogP contribution in [0.5, 0.6) is 0 Å². The molecule has 0 bridgehead atoms. The van der Waals surface area contributed by atoms with Crippen molar-refractivity contribution in [3.63, 3.8) is 0 Å². The van der Waals surface area contributed by atoms with E-state index in [1.807, 2.05) is 0 Å². The van der Waals surface area contributed by atoms with E-state index in [1.54, 1.807) is 0 Å². The average molecular weight is 154 g/mol. The highest BCUT2D eigenvalue weighted by atomic mass is 15.2. The number of likely N-dealkylation sites (N-methyl/N-ethyl adjacent to an activating group) is 1. The van der Waals surface area contributed by atoms with E-state index in [0.29, 0.717) is 0 Å². The van der Waals surface area contributed by atoms with Crippen LogP contribution in [-0.2, 0) is 0 Å². The number of hydrogen-bond donors (Lipinski definition) is 1. The fourth-order valence-corrected chi connectivity index (χ4v) is 2.84. The van der Waals surface area contributed by atoms with Crippen LogP contribution in [0, 0.1) is 5.92 Å². The van der Waals surface area contributed by atoms with Crippen molar-refractivity contribution in [2.24, 2.45) is 5.92 Å². The first-order valence-electron chi connectivity index (χ1n) is 4.76. The Bertz CT molecular complexity index is 146. The minimum absolute atomic E-state index is 0.810. The van der Waals surface area contributed by atoms with Gasteiger partial charge in [0.15, 0.2) is 0 Å². The minimum atomic E-state index is 0.810. The third-order valence-electron chi connectivity index (χ3n) is 3.36. The van der Waals surface area contributed by atoms with E-state index in [4.69, 9.17) is 0 Å². The van der Waals surface area contributed by atoms with Crippen molar-refractivity contribution in [2.45, 2.75) is 31.8 Å². The summed E-state index contributed by atoms with van der Waals surface area (Å²) < 4.78 is 0. The lowest BCUT2D eigenvalue weighted by molar-refractivity contribution is 0.261. The number of fused-ring (bicyclic) bond motifs is 1. The molecule has 2 aliphatic heterocycles.